The minimum absolute atomic E-state index is 0.625. The third-order valence-corrected chi connectivity index (χ3v) is 3.92. The van der Waals surface area contributed by atoms with Gasteiger partial charge in [0.05, 0.1) is 19.8 Å². The van der Waals surface area contributed by atoms with Crippen LogP contribution >= 0.6 is 0 Å². The first kappa shape index (κ1) is 15.4. The van der Waals surface area contributed by atoms with E-state index in [1.54, 1.807) is 14.2 Å². The van der Waals surface area contributed by atoms with Crippen molar-refractivity contribution in [3.63, 3.8) is 0 Å². The summed E-state index contributed by atoms with van der Waals surface area (Å²) in [6.07, 6.45) is -0.782. The lowest BCUT2D eigenvalue weighted by Gasteiger charge is -2.20. The van der Waals surface area contributed by atoms with Gasteiger partial charge >= 0.3 is 0 Å². The fraction of sp³-hybridized carbons (Fsp3) is 0.333. The quantitative estimate of drug-likeness (QED) is 0.931. The molecule has 0 aromatic heterocycles. The van der Waals surface area contributed by atoms with E-state index in [1.165, 1.54) is 5.56 Å². The van der Waals surface area contributed by atoms with Gasteiger partial charge in [-0.05, 0) is 55.2 Å². The van der Waals surface area contributed by atoms with Crippen molar-refractivity contribution in [3.05, 3.63) is 58.1 Å². The zero-order chi connectivity index (χ0) is 15.6. The highest BCUT2D eigenvalue weighted by atomic mass is 16.5. The van der Waals surface area contributed by atoms with Crippen molar-refractivity contribution in [3.8, 4) is 11.5 Å². The second-order valence-corrected chi connectivity index (χ2v) is 5.27. The van der Waals surface area contributed by atoms with Gasteiger partial charge in [-0.1, -0.05) is 18.2 Å². The molecular formula is C18H22O3. The van der Waals surface area contributed by atoms with Crippen molar-refractivity contribution >= 4 is 0 Å². The molecule has 0 amide bonds. The number of methoxy groups -OCH3 is 2. The highest BCUT2D eigenvalue weighted by Gasteiger charge is 2.22. The van der Waals surface area contributed by atoms with Crippen LogP contribution in [0.2, 0.25) is 0 Å². The first-order chi connectivity index (χ1) is 9.99. The van der Waals surface area contributed by atoms with E-state index in [9.17, 15) is 5.11 Å². The summed E-state index contributed by atoms with van der Waals surface area (Å²) in [7, 11) is 3.19. The van der Waals surface area contributed by atoms with Gasteiger partial charge in [0.2, 0.25) is 0 Å². The van der Waals surface area contributed by atoms with E-state index in [1.807, 2.05) is 38.1 Å². The van der Waals surface area contributed by atoms with Gasteiger partial charge in [0.15, 0.2) is 0 Å². The Labute approximate surface area is 126 Å². The Morgan fingerprint density at radius 1 is 0.857 bits per heavy atom. The molecule has 0 bridgehead atoms. The SMILES string of the molecule is COc1cccc(OC)c1C(O)c1cc(C)c(C)cc1C. The number of aliphatic hydroxyl groups excluding tert-OH is 1. The van der Waals surface area contributed by atoms with Crippen LogP contribution < -0.4 is 9.47 Å². The molecule has 0 aliphatic rings. The van der Waals surface area contributed by atoms with Gasteiger partial charge in [0.25, 0.3) is 0 Å². The second kappa shape index (κ2) is 6.19. The first-order valence-corrected chi connectivity index (χ1v) is 6.96. The van der Waals surface area contributed by atoms with Crippen LogP contribution in [0.5, 0.6) is 11.5 Å². The Hall–Kier alpha value is -2.00. The molecule has 0 heterocycles. The van der Waals surface area contributed by atoms with Crippen molar-refractivity contribution in [1.82, 2.24) is 0 Å². The normalized spacial score (nSPS) is 12.1. The van der Waals surface area contributed by atoms with Crippen molar-refractivity contribution in [2.24, 2.45) is 0 Å². The monoisotopic (exact) mass is 286 g/mol. The molecule has 0 aliphatic heterocycles. The number of rotatable bonds is 4. The summed E-state index contributed by atoms with van der Waals surface area (Å²) in [5.74, 6) is 1.25. The topological polar surface area (TPSA) is 38.7 Å². The molecule has 21 heavy (non-hydrogen) atoms. The van der Waals surface area contributed by atoms with Gasteiger partial charge in [-0.3, -0.25) is 0 Å². The third-order valence-electron chi connectivity index (χ3n) is 3.92. The van der Waals surface area contributed by atoms with E-state index in [4.69, 9.17) is 9.47 Å². The predicted octanol–water partition coefficient (Wildman–Crippen LogP) is 3.71. The zero-order valence-electron chi connectivity index (χ0n) is 13.2. The van der Waals surface area contributed by atoms with Crippen LogP contribution in [-0.4, -0.2) is 19.3 Å². The lowest BCUT2D eigenvalue weighted by atomic mass is 9.92. The number of benzene rings is 2. The van der Waals surface area contributed by atoms with Crippen LogP contribution in [0.4, 0.5) is 0 Å². The molecule has 3 heteroatoms. The number of aryl methyl sites for hydroxylation is 3. The van der Waals surface area contributed by atoms with E-state index in [-0.39, 0.29) is 0 Å². The Bertz CT molecular complexity index is 625. The molecule has 1 N–H and O–H groups in total. The highest BCUT2D eigenvalue weighted by molar-refractivity contribution is 5.51. The summed E-state index contributed by atoms with van der Waals surface area (Å²) in [4.78, 5) is 0. The molecule has 2 aromatic carbocycles. The third kappa shape index (κ3) is 2.88. The highest BCUT2D eigenvalue weighted by Crippen LogP contribution is 2.38. The van der Waals surface area contributed by atoms with Gasteiger partial charge in [-0.2, -0.15) is 0 Å². The lowest BCUT2D eigenvalue weighted by Crippen LogP contribution is -2.07. The Morgan fingerprint density at radius 2 is 1.38 bits per heavy atom. The smallest absolute Gasteiger partial charge is 0.128 e. The van der Waals surface area contributed by atoms with Gasteiger partial charge in [-0.15, -0.1) is 0 Å². The van der Waals surface area contributed by atoms with E-state index in [0.717, 1.165) is 16.7 Å². The van der Waals surface area contributed by atoms with Gasteiger partial charge in [-0.25, -0.2) is 0 Å². The number of ether oxygens (including phenoxy) is 2. The van der Waals surface area contributed by atoms with E-state index < -0.39 is 6.10 Å². The average Bonchev–Trinajstić information content (AvgIpc) is 2.49. The molecule has 0 saturated carbocycles. The summed E-state index contributed by atoms with van der Waals surface area (Å²) in [5.41, 5.74) is 4.97. The van der Waals surface area contributed by atoms with Gasteiger partial charge < -0.3 is 14.6 Å². The van der Waals surface area contributed by atoms with Crippen molar-refractivity contribution in [2.75, 3.05) is 14.2 Å². The maximum atomic E-state index is 10.9. The summed E-state index contributed by atoms with van der Waals surface area (Å²) >= 11 is 0. The molecule has 0 spiro atoms. The summed E-state index contributed by atoms with van der Waals surface area (Å²) in [5, 5.41) is 10.9. The number of hydrogen-bond donors (Lipinski definition) is 1. The molecule has 1 unspecified atom stereocenters. The Kier molecular flexibility index (Phi) is 4.53. The lowest BCUT2D eigenvalue weighted by molar-refractivity contribution is 0.208. The summed E-state index contributed by atoms with van der Waals surface area (Å²) in [6.45, 7) is 6.12. The molecular weight excluding hydrogens is 264 g/mol. The van der Waals surface area contributed by atoms with Crippen LogP contribution in [0, 0.1) is 20.8 Å². The van der Waals surface area contributed by atoms with E-state index >= 15 is 0 Å². The molecule has 2 aromatic rings. The molecule has 112 valence electrons. The maximum absolute atomic E-state index is 10.9. The number of aliphatic hydroxyl groups is 1. The Balaban J connectivity index is 2.59. The Morgan fingerprint density at radius 3 is 1.90 bits per heavy atom. The van der Waals surface area contributed by atoms with Crippen LogP contribution in [-0.2, 0) is 0 Å². The van der Waals surface area contributed by atoms with Crippen LogP contribution in [0.25, 0.3) is 0 Å². The minimum atomic E-state index is -0.782. The van der Waals surface area contributed by atoms with Crippen LogP contribution in [0.1, 0.15) is 33.9 Å². The zero-order valence-corrected chi connectivity index (χ0v) is 13.2. The fourth-order valence-electron chi connectivity index (χ4n) is 2.58. The van der Waals surface area contributed by atoms with E-state index in [2.05, 4.69) is 13.0 Å². The molecule has 0 aliphatic carbocycles. The van der Waals surface area contributed by atoms with Crippen LogP contribution in [0.15, 0.2) is 30.3 Å². The van der Waals surface area contributed by atoms with Gasteiger partial charge in [0, 0.05) is 0 Å². The van der Waals surface area contributed by atoms with Crippen LogP contribution in [0.3, 0.4) is 0 Å². The fourth-order valence-corrected chi connectivity index (χ4v) is 2.58. The maximum Gasteiger partial charge on any atom is 0.128 e. The first-order valence-electron chi connectivity index (χ1n) is 6.96. The summed E-state index contributed by atoms with van der Waals surface area (Å²) < 4.78 is 10.8. The van der Waals surface area contributed by atoms with Gasteiger partial charge in [0.1, 0.15) is 17.6 Å². The summed E-state index contributed by atoms with van der Waals surface area (Å²) in [6, 6.07) is 9.63. The molecule has 0 fully saturated rings. The predicted molar refractivity (Wildman–Crippen MR) is 84.3 cm³/mol. The molecule has 2 rings (SSSR count). The second-order valence-electron chi connectivity index (χ2n) is 5.27. The standard InChI is InChI=1S/C18H22O3/c1-11-9-13(3)14(10-12(11)2)18(19)17-15(20-4)7-6-8-16(17)21-5/h6-10,18-19H,1-5H3. The van der Waals surface area contributed by atoms with Crippen molar-refractivity contribution in [1.29, 1.82) is 0 Å². The van der Waals surface area contributed by atoms with Crippen molar-refractivity contribution < 1.29 is 14.6 Å². The molecule has 1 atom stereocenters. The molecule has 0 radical (unpaired) electrons. The van der Waals surface area contributed by atoms with E-state index in [0.29, 0.717) is 17.1 Å². The van der Waals surface area contributed by atoms with Crippen molar-refractivity contribution in [2.45, 2.75) is 26.9 Å². The number of hydrogen-bond acceptors (Lipinski definition) is 3. The average molecular weight is 286 g/mol. The molecule has 3 nitrogen and oxygen atoms in total. The largest absolute Gasteiger partial charge is 0.496 e. The minimum Gasteiger partial charge on any atom is -0.496 e. The molecule has 0 saturated heterocycles.